The van der Waals surface area contributed by atoms with Crippen LogP contribution < -0.4 is 14.3 Å². The van der Waals surface area contributed by atoms with Crippen LogP contribution in [0.4, 0.5) is 5.69 Å². The van der Waals surface area contributed by atoms with E-state index in [0.29, 0.717) is 5.56 Å². The SMILES string of the molecule is Cc1ccc(S(=O)(=O)N[C@H](C(=O)N/N=C\c2cccc(OS(=O)(=O)c3cccc([N+](=O)[O-])c3)c2)C(C)C)cc1. The zero-order valence-corrected chi connectivity index (χ0v) is 22.8. The number of carbonyl (C=O) groups is 1. The molecule has 3 aromatic rings. The lowest BCUT2D eigenvalue weighted by atomic mass is 10.1. The lowest BCUT2D eigenvalue weighted by molar-refractivity contribution is -0.385. The Labute approximate surface area is 226 Å². The van der Waals surface area contributed by atoms with E-state index in [0.717, 1.165) is 17.7 Å². The zero-order valence-electron chi connectivity index (χ0n) is 21.1. The van der Waals surface area contributed by atoms with Crippen molar-refractivity contribution in [1.82, 2.24) is 10.1 Å². The van der Waals surface area contributed by atoms with Gasteiger partial charge in [0.2, 0.25) is 10.0 Å². The van der Waals surface area contributed by atoms with E-state index in [2.05, 4.69) is 15.2 Å². The molecule has 0 bridgehead atoms. The van der Waals surface area contributed by atoms with Crippen molar-refractivity contribution in [2.24, 2.45) is 11.0 Å². The van der Waals surface area contributed by atoms with E-state index in [1.807, 2.05) is 6.92 Å². The highest BCUT2D eigenvalue weighted by Gasteiger charge is 2.28. The molecule has 0 spiro atoms. The first-order chi connectivity index (χ1) is 18.3. The van der Waals surface area contributed by atoms with Gasteiger partial charge in [-0.1, -0.05) is 49.7 Å². The minimum atomic E-state index is -4.37. The van der Waals surface area contributed by atoms with E-state index in [-0.39, 0.29) is 10.6 Å². The second kappa shape index (κ2) is 12.1. The topological polar surface area (TPSA) is 174 Å². The molecule has 14 heteroatoms. The summed E-state index contributed by atoms with van der Waals surface area (Å²) in [5.74, 6) is -1.20. The molecular formula is C25H26N4O8S2. The molecule has 0 fully saturated rings. The molecule has 0 aliphatic rings. The quantitative estimate of drug-likeness (QED) is 0.152. The number of benzene rings is 3. The van der Waals surface area contributed by atoms with Crippen molar-refractivity contribution in [3.63, 3.8) is 0 Å². The average Bonchev–Trinajstić information content (AvgIpc) is 2.87. The third-order valence-corrected chi connectivity index (χ3v) is 8.03. The average molecular weight is 575 g/mol. The van der Waals surface area contributed by atoms with Gasteiger partial charge in [-0.15, -0.1) is 0 Å². The summed E-state index contributed by atoms with van der Waals surface area (Å²) in [6, 6.07) is 15.2. The molecule has 2 N–H and O–H groups in total. The largest absolute Gasteiger partial charge is 0.379 e. The van der Waals surface area contributed by atoms with E-state index in [4.69, 9.17) is 4.18 Å². The summed E-state index contributed by atoms with van der Waals surface area (Å²) in [4.78, 5) is 22.6. The number of hydrazone groups is 1. The number of nitro groups is 1. The van der Waals surface area contributed by atoms with Gasteiger partial charge in [0.1, 0.15) is 16.7 Å². The van der Waals surface area contributed by atoms with E-state index in [1.54, 1.807) is 32.0 Å². The third kappa shape index (κ3) is 7.92. The van der Waals surface area contributed by atoms with Gasteiger partial charge in [0.05, 0.1) is 16.0 Å². The fraction of sp³-hybridized carbons (Fsp3) is 0.200. The van der Waals surface area contributed by atoms with E-state index in [9.17, 15) is 31.7 Å². The van der Waals surface area contributed by atoms with Crippen LogP contribution in [-0.4, -0.2) is 39.9 Å². The number of non-ortho nitro benzene ring substituents is 1. The van der Waals surface area contributed by atoms with E-state index >= 15 is 0 Å². The van der Waals surface area contributed by atoms with Crippen molar-refractivity contribution in [3.8, 4) is 5.75 Å². The Morgan fingerprint density at radius 1 is 0.974 bits per heavy atom. The second-order valence-corrected chi connectivity index (χ2v) is 12.0. The summed E-state index contributed by atoms with van der Waals surface area (Å²) < 4.78 is 58.1. The van der Waals surface area contributed by atoms with Crippen LogP contribution in [-0.2, 0) is 24.9 Å². The van der Waals surface area contributed by atoms with Crippen LogP contribution in [0.25, 0.3) is 0 Å². The van der Waals surface area contributed by atoms with Gasteiger partial charge in [-0.05, 0) is 48.7 Å². The number of amides is 1. The van der Waals surface area contributed by atoms with Gasteiger partial charge in [0, 0.05) is 12.1 Å². The highest BCUT2D eigenvalue weighted by Crippen LogP contribution is 2.22. The monoisotopic (exact) mass is 574 g/mol. The molecule has 0 heterocycles. The maximum atomic E-state index is 12.7. The number of hydrogen-bond donors (Lipinski definition) is 2. The van der Waals surface area contributed by atoms with Crippen LogP contribution in [0.15, 0.2) is 87.7 Å². The zero-order chi connectivity index (χ0) is 28.8. The lowest BCUT2D eigenvalue weighted by Gasteiger charge is -2.20. The molecule has 206 valence electrons. The molecule has 1 amide bonds. The van der Waals surface area contributed by atoms with Crippen molar-refractivity contribution >= 4 is 38.0 Å². The summed E-state index contributed by atoms with van der Waals surface area (Å²) >= 11 is 0. The molecular weight excluding hydrogens is 548 g/mol. The van der Waals surface area contributed by atoms with Crippen LogP contribution in [0.2, 0.25) is 0 Å². The Bertz CT molecular complexity index is 1600. The normalized spacial score (nSPS) is 12.8. The van der Waals surface area contributed by atoms with Crippen molar-refractivity contribution < 1.29 is 30.7 Å². The van der Waals surface area contributed by atoms with Crippen LogP contribution >= 0.6 is 0 Å². The summed E-state index contributed by atoms with van der Waals surface area (Å²) in [5, 5.41) is 14.8. The number of rotatable bonds is 11. The van der Waals surface area contributed by atoms with Crippen molar-refractivity contribution in [1.29, 1.82) is 0 Å². The molecule has 0 aliphatic heterocycles. The first-order valence-electron chi connectivity index (χ1n) is 11.5. The smallest absolute Gasteiger partial charge is 0.339 e. The maximum absolute atomic E-state index is 12.7. The molecule has 0 saturated heterocycles. The predicted molar refractivity (Wildman–Crippen MR) is 143 cm³/mol. The Morgan fingerprint density at radius 2 is 1.64 bits per heavy atom. The number of aryl methyl sites for hydroxylation is 1. The van der Waals surface area contributed by atoms with Crippen LogP contribution in [0, 0.1) is 23.0 Å². The molecule has 0 unspecified atom stereocenters. The van der Waals surface area contributed by atoms with Gasteiger partial charge in [0.15, 0.2) is 0 Å². The molecule has 0 saturated carbocycles. The Hall–Kier alpha value is -4.14. The predicted octanol–water partition coefficient (Wildman–Crippen LogP) is 3.12. The minimum Gasteiger partial charge on any atom is -0.379 e. The maximum Gasteiger partial charge on any atom is 0.339 e. The van der Waals surface area contributed by atoms with Gasteiger partial charge < -0.3 is 4.18 Å². The van der Waals surface area contributed by atoms with Crippen LogP contribution in [0.5, 0.6) is 5.75 Å². The van der Waals surface area contributed by atoms with Crippen molar-refractivity contribution in [2.45, 2.75) is 36.6 Å². The van der Waals surface area contributed by atoms with Gasteiger partial charge in [-0.25, -0.2) is 13.8 Å². The number of sulfonamides is 1. The second-order valence-electron chi connectivity index (χ2n) is 8.75. The number of nitrogens with zero attached hydrogens (tertiary/aromatic N) is 2. The Balaban J connectivity index is 1.69. The molecule has 39 heavy (non-hydrogen) atoms. The summed E-state index contributed by atoms with van der Waals surface area (Å²) in [7, 11) is -8.34. The fourth-order valence-corrected chi connectivity index (χ4v) is 5.57. The first-order valence-corrected chi connectivity index (χ1v) is 14.4. The molecule has 12 nitrogen and oxygen atoms in total. The first kappa shape index (κ1) is 29.4. The highest BCUT2D eigenvalue weighted by atomic mass is 32.2. The minimum absolute atomic E-state index is 0.0203. The number of hydrogen-bond acceptors (Lipinski definition) is 9. The number of nitrogens with one attached hydrogen (secondary N) is 2. The molecule has 3 aromatic carbocycles. The van der Waals surface area contributed by atoms with Gasteiger partial charge in [0.25, 0.3) is 11.6 Å². The van der Waals surface area contributed by atoms with Gasteiger partial charge in [-0.2, -0.15) is 18.2 Å². The molecule has 1 atom stereocenters. The van der Waals surface area contributed by atoms with E-state index < -0.39 is 53.5 Å². The lowest BCUT2D eigenvalue weighted by Crippen LogP contribution is -2.48. The van der Waals surface area contributed by atoms with Crippen molar-refractivity contribution in [2.75, 3.05) is 0 Å². The summed E-state index contributed by atoms with van der Waals surface area (Å²) in [6.45, 7) is 5.17. The number of nitro benzene ring substituents is 1. The summed E-state index contributed by atoms with van der Waals surface area (Å²) in [6.07, 6.45) is 1.22. The molecule has 0 radical (unpaired) electrons. The third-order valence-electron chi connectivity index (χ3n) is 5.33. The van der Waals surface area contributed by atoms with E-state index in [1.165, 1.54) is 48.7 Å². The van der Waals surface area contributed by atoms with Crippen molar-refractivity contribution in [3.05, 3.63) is 94.0 Å². The Morgan fingerprint density at radius 3 is 2.28 bits per heavy atom. The van der Waals surface area contributed by atoms with Crippen LogP contribution in [0.1, 0.15) is 25.0 Å². The highest BCUT2D eigenvalue weighted by molar-refractivity contribution is 7.89. The fourth-order valence-electron chi connectivity index (χ4n) is 3.26. The standard InChI is InChI=1S/C25H26N4O8S2/c1-17(2)24(28-38(33,34)22-12-10-18(3)11-13-22)25(30)27-26-16-19-6-4-8-21(14-19)37-39(35,36)23-9-5-7-20(15-23)29(31)32/h4-17,24,28H,1-3H3,(H,27,30)/b26-16-/t24-/m0/s1. The van der Waals surface area contributed by atoms with Crippen LogP contribution in [0.3, 0.4) is 0 Å². The number of carbonyl (C=O) groups excluding carboxylic acids is 1. The Kier molecular flexibility index (Phi) is 9.16. The molecule has 0 aliphatic carbocycles. The molecule has 0 aromatic heterocycles. The van der Waals surface area contributed by atoms with Gasteiger partial charge in [-0.3, -0.25) is 14.9 Å². The van der Waals surface area contributed by atoms with Gasteiger partial charge >= 0.3 is 10.1 Å². The molecule has 3 rings (SSSR count). The summed E-state index contributed by atoms with van der Waals surface area (Å²) in [5.41, 5.74) is 3.12.